The molecule has 116 valence electrons. The second-order valence-corrected chi connectivity index (χ2v) is 6.90. The molecule has 24 heavy (non-hydrogen) atoms. The number of nitrogens with zero attached hydrogens (tertiary/aromatic N) is 1. The van der Waals surface area contributed by atoms with Crippen molar-refractivity contribution in [1.82, 2.24) is 0 Å². The molecule has 1 nitrogen and oxygen atoms in total. The Morgan fingerprint density at radius 1 is 0.542 bits per heavy atom. The van der Waals surface area contributed by atoms with Gasteiger partial charge in [-0.15, -0.1) is 0 Å². The van der Waals surface area contributed by atoms with Crippen LogP contribution in [0, 0.1) is 0 Å². The van der Waals surface area contributed by atoms with Crippen molar-refractivity contribution < 1.29 is 0 Å². The third-order valence-corrected chi connectivity index (χ3v) is 5.35. The highest BCUT2D eigenvalue weighted by Crippen LogP contribution is 2.39. The van der Waals surface area contributed by atoms with Gasteiger partial charge in [-0.25, -0.2) is 0 Å². The van der Waals surface area contributed by atoms with Crippen molar-refractivity contribution in [3.05, 3.63) is 103 Å². The van der Waals surface area contributed by atoms with E-state index in [0.717, 1.165) is 0 Å². The molecule has 0 amide bonds. The van der Waals surface area contributed by atoms with Crippen LogP contribution in [0.25, 0.3) is 10.8 Å². The fourth-order valence-electron chi connectivity index (χ4n) is 2.89. The monoisotopic (exact) mass is 327 g/mol. The van der Waals surface area contributed by atoms with Gasteiger partial charge in [0.1, 0.15) is 0 Å². The van der Waals surface area contributed by atoms with E-state index in [1.807, 2.05) is 0 Å². The Morgan fingerprint density at radius 2 is 1.17 bits per heavy atom. The van der Waals surface area contributed by atoms with Crippen molar-refractivity contribution in [3.8, 4) is 0 Å². The highest BCUT2D eigenvalue weighted by molar-refractivity contribution is 7.49. The molecule has 0 spiro atoms. The molecule has 4 aromatic carbocycles. The van der Waals surface area contributed by atoms with Crippen molar-refractivity contribution in [1.29, 1.82) is 0 Å². The summed E-state index contributed by atoms with van der Waals surface area (Å²) in [7, 11) is 0.547. The van der Waals surface area contributed by atoms with Gasteiger partial charge in [-0.1, -0.05) is 84.9 Å². The minimum Gasteiger partial charge on any atom is -0.318 e. The van der Waals surface area contributed by atoms with Gasteiger partial charge >= 0.3 is 0 Å². The van der Waals surface area contributed by atoms with Crippen LogP contribution in [0.3, 0.4) is 0 Å². The van der Waals surface area contributed by atoms with Crippen LogP contribution in [0.5, 0.6) is 0 Å². The van der Waals surface area contributed by atoms with Crippen LogP contribution in [-0.4, -0.2) is 0 Å². The lowest BCUT2D eigenvalue weighted by molar-refractivity contribution is 1.45. The Balaban J connectivity index is 1.86. The van der Waals surface area contributed by atoms with Gasteiger partial charge in [0.25, 0.3) is 0 Å². The molecule has 0 saturated carbocycles. The summed E-state index contributed by atoms with van der Waals surface area (Å²) in [4.78, 5) is 0. The SMILES string of the molecule is c1ccc(PN(c2ccccc2)c2cccc3ccccc23)cc1. The van der Waals surface area contributed by atoms with Crippen LogP contribution >= 0.6 is 8.73 Å². The molecule has 0 heterocycles. The number of fused-ring (bicyclic) bond motifs is 1. The first-order valence-corrected chi connectivity index (χ1v) is 9.01. The van der Waals surface area contributed by atoms with E-state index >= 15 is 0 Å². The van der Waals surface area contributed by atoms with Crippen molar-refractivity contribution in [2.24, 2.45) is 0 Å². The number of anilines is 2. The second-order valence-electron chi connectivity index (χ2n) is 5.65. The summed E-state index contributed by atoms with van der Waals surface area (Å²) in [6.45, 7) is 0. The van der Waals surface area contributed by atoms with Gasteiger partial charge in [0, 0.05) is 19.8 Å². The maximum Gasteiger partial charge on any atom is 0.0526 e. The Labute approximate surface area is 144 Å². The number of hydrogen-bond donors (Lipinski definition) is 0. The lowest BCUT2D eigenvalue weighted by atomic mass is 10.1. The van der Waals surface area contributed by atoms with E-state index in [2.05, 4.69) is 108 Å². The lowest BCUT2D eigenvalue weighted by Crippen LogP contribution is -2.10. The zero-order chi connectivity index (χ0) is 16.2. The van der Waals surface area contributed by atoms with Crippen LogP contribution in [-0.2, 0) is 0 Å². The first-order valence-electron chi connectivity index (χ1n) is 8.06. The summed E-state index contributed by atoms with van der Waals surface area (Å²) in [5, 5.41) is 3.88. The molecule has 0 aliphatic rings. The molecule has 0 aromatic heterocycles. The van der Waals surface area contributed by atoms with E-state index in [1.54, 1.807) is 0 Å². The largest absolute Gasteiger partial charge is 0.318 e. The third kappa shape index (κ3) is 3.04. The van der Waals surface area contributed by atoms with E-state index in [0.29, 0.717) is 8.73 Å². The van der Waals surface area contributed by atoms with E-state index in [1.165, 1.54) is 27.5 Å². The molecule has 0 N–H and O–H groups in total. The van der Waals surface area contributed by atoms with Crippen LogP contribution < -0.4 is 9.97 Å². The Hall–Kier alpha value is -2.63. The fourth-order valence-corrected chi connectivity index (χ4v) is 4.08. The summed E-state index contributed by atoms with van der Waals surface area (Å²) in [6, 6.07) is 36.4. The molecule has 4 aromatic rings. The van der Waals surface area contributed by atoms with E-state index < -0.39 is 0 Å². The molecular formula is C22H18NP. The van der Waals surface area contributed by atoms with Crippen LogP contribution in [0.15, 0.2) is 103 Å². The summed E-state index contributed by atoms with van der Waals surface area (Å²) in [6.07, 6.45) is 0. The van der Waals surface area contributed by atoms with Crippen molar-refractivity contribution in [2.45, 2.75) is 0 Å². The highest BCUT2D eigenvalue weighted by Gasteiger charge is 2.12. The predicted molar refractivity (Wildman–Crippen MR) is 107 cm³/mol. The average Bonchev–Trinajstić information content (AvgIpc) is 2.67. The van der Waals surface area contributed by atoms with Gasteiger partial charge < -0.3 is 4.67 Å². The summed E-state index contributed by atoms with van der Waals surface area (Å²) >= 11 is 0. The molecule has 0 fully saturated rings. The molecule has 0 bridgehead atoms. The van der Waals surface area contributed by atoms with Crippen molar-refractivity contribution in [2.75, 3.05) is 4.67 Å². The minimum atomic E-state index is 0.547. The van der Waals surface area contributed by atoms with E-state index in [9.17, 15) is 0 Å². The average molecular weight is 327 g/mol. The second kappa shape index (κ2) is 6.86. The zero-order valence-corrected chi connectivity index (χ0v) is 14.3. The third-order valence-electron chi connectivity index (χ3n) is 4.04. The van der Waals surface area contributed by atoms with Gasteiger partial charge in [0.05, 0.1) is 5.69 Å². The Morgan fingerprint density at radius 3 is 1.96 bits per heavy atom. The van der Waals surface area contributed by atoms with Crippen LogP contribution in [0.1, 0.15) is 0 Å². The predicted octanol–water partition coefficient (Wildman–Crippen LogP) is 5.90. The minimum absolute atomic E-state index is 0.547. The van der Waals surface area contributed by atoms with Gasteiger partial charge in [-0.3, -0.25) is 0 Å². The Bertz CT molecular complexity index is 930. The standard InChI is InChI=1S/C22H18NP/c1-3-12-19(13-4-1)23(24-20-14-5-2-6-15-20)22-17-9-11-18-10-7-8-16-21(18)22/h1-17,24H. The van der Waals surface area contributed by atoms with E-state index in [4.69, 9.17) is 0 Å². The first-order chi connectivity index (χ1) is 11.9. The number of hydrogen-bond acceptors (Lipinski definition) is 1. The quantitative estimate of drug-likeness (QED) is 0.422. The smallest absolute Gasteiger partial charge is 0.0526 e. The lowest BCUT2D eigenvalue weighted by Gasteiger charge is -2.26. The zero-order valence-electron chi connectivity index (χ0n) is 13.3. The molecule has 0 radical (unpaired) electrons. The summed E-state index contributed by atoms with van der Waals surface area (Å²) in [5.41, 5.74) is 2.47. The van der Waals surface area contributed by atoms with Crippen molar-refractivity contribution >= 4 is 36.2 Å². The van der Waals surface area contributed by atoms with Gasteiger partial charge in [0.15, 0.2) is 0 Å². The molecule has 0 aliphatic carbocycles. The maximum absolute atomic E-state index is 2.41. The fraction of sp³-hybridized carbons (Fsp3) is 0. The Kier molecular flexibility index (Phi) is 4.27. The molecule has 2 heteroatoms. The van der Waals surface area contributed by atoms with Crippen LogP contribution in [0.4, 0.5) is 11.4 Å². The highest BCUT2D eigenvalue weighted by atomic mass is 31.1. The molecule has 1 unspecified atom stereocenters. The normalized spacial score (nSPS) is 11.2. The van der Waals surface area contributed by atoms with E-state index in [-0.39, 0.29) is 0 Å². The van der Waals surface area contributed by atoms with Gasteiger partial charge in [0.2, 0.25) is 0 Å². The number of para-hydroxylation sites is 1. The topological polar surface area (TPSA) is 3.24 Å². The maximum atomic E-state index is 2.41. The van der Waals surface area contributed by atoms with Gasteiger partial charge in [-0.2, -0.15) is 0 Å². The number of benzene rings is 4. The summed E-state index contributed by atoms with van der Waals surface area (Å²) in [5.74, 6) is 0. The van der Waals surface area contributed by atoms with Crippen molar-refractivity contribution in [3.63, 3.8) is 0 Å². The summed E-state index contributed by atoms with van der Waals surface area (Å²) < 4.78 is 2.41. The van der Waals surface area contributed by atoms with Gasteiger partial charge in [-0.05, 0) is 28.9 Å². The van der Waals surface area contributed by atoms with Crippen LogP contribution in [0.2, 0.25) is 0 Å². The first kappa shape index (κ1) is 14.9. The molecule has 0 saturated heterocycles. The molecule has 0 aliphatic heterocycles. The number of rotatable bonds is 4. The molecular weight excluding hydrogens is 309 g/mol. The molecule has 1 atom stereocenters. The molecule has 4 rings (SSSR count).